The molecule has 0 bridgehead atoms. The minimum absolute atomic E-state index is 0.0205. The topological polar surface area (TPSA) is 34.2 Å². The van der Waals surface area contributed by atoms with Crippen molar-refractivity contribution in [3.8, 4) is 5.75 Å². The number of hydrogen-bond acceptors (Lipinski definition) is 3. The van der Waals surface area contributed by atoms with Crippen LogP contribution in [0.5, 0.6) is 5.75 Å². The molecule has 1 atom stereocenters. The molecule has 0 amide bonds. The van der Waals surface area contributed by atoms with E-state index in [-0.39, 0.29) is 6.04 Å². The van der Waals surface area contributed by atoms with Gasteiger partial charge in [0.25, 0.3) is 0 Å². The number of benzene rings is 1. The second-order valence-electron chi connectivity index (χ2n) is 4.52. The minimum Gasteiger partial charge on any atom is -0.492 e. The Morgan fingerprint density at radius 2 is 2.14 bits per heavy atom. The van der Waals surface area contributed by atoms with E-state index >= 15 is 0 Å². The van der Waals surface area contributed by atoms with Crippen molar-refractivity contribution in [2.24, 2.45) is 0 Å². The van der Waals surface area contributed by atoms with Gasteiger partial charge in [-0.15, -0.1) is 0 Å². The van der Waals surface area contributed by atoms with E-state index in [1.807, 2.05) is 37.4 Å². The Balaban J connectivity index is 2.43. The van der Waals surface area contributed by atoms with Crippen molar-refractivity contribution in [3.05, 3.63) is 57.3 Å². The van der Waals surface area contributed by atoms with Gasteiger partial charge in [-0.2, -0.15) is 0 Å². The van der Waals surface area contributed by atoms with E-state index < -0.39 is 0 Å². The summed E-state index contributed by atoms with van der Waals surface area (Å²) in [6.07, 6.45) is 3.56. The van der Waals surface area contributed by atoms with Crippen LogP contribution in [0.4, 0.5) is 0 Å². The van der Waals surface area contributed by atoms with Gasteiger partial charge < -0.3 is 10.1 Å². The van der Waals surface area contributed by atoms with Gasteiger partial charge in [-0.3, -0.25) is 4.98 Å². The summed E-state index contributed by atoms with van der Waals surface area (Å²) < 4.78 is 6.42. The summed E-state index contributed by atoms with van der Waals surface area (Å²) in [4.78, 5) is 4.26. The Morgan fingerprint density at radius 3 is 2.86 bits per heavy atom. The monoisotopic (exact) mass is 368 g/mol. The van der Waals surface area contributed by atoms with Gasteiger partial charge in [0, 0.05) is 10.7 Å². The first-order valence-corrected chi connectivity index (χ1v) is 8.09. The lowest BCUT2D eigenvalue weighted by Gasteiger charge is -2.21. The smallest absolute Gasteiger partial charge is 0.137 e. The van der Waals surface area contributed by atoms with Crippen molar-refractivity contribution >= 4 is 27.5 Å². The Morgan fingerprint density at radius 1 is 1.33 bits per heavy atom. The lowest BCUT2D eigenvalue weighted by Crippen LogP contribution is -2.22. The van der Waals surface area contributed by atoms with Gasteiger partial charge in [0.2, 0.25) is 0 Å². The van der Waals surface area contributed by atoms with E-state index in [9.17, 15) is 0 Å². The number of halogens is 2. The van der Waals surface area contributed by atoms with Crippen molar-refractivity contribution in [1.82, 2.24) is 10.3 Å². The maximum absolute atomic E-state index is 6.44. The number of ether oxygens (including phenoxy) is 1. The molecular formula is C16H18BrClN2O. The average Bonchev–Trinajstić information content (AvgIpc) is 2.49. The largest absolute Gasteiger partial charge is 0.492 e. The van der Waals surface area contributed by atoms with E-state index in [1.54, 1.807) is 6.20 Å². The maximum Gasteiger partial charge on any atom is 0.137 e. The molecule has 21 heavy (non-hydrogen) atoms. The molecule has 1 N–H and O–H groups in total. The highest BCUT2D eigenvalue weighted by Gasteiger charge is 2.18. The molecule has 1 unspecified atom stereocenters. The summed E-state index contributed by atoms with van der Waals surface area (Å²) in [6.45, 7) is 5.47. The van der Waals surface area contributed by atoms with Gasteiger partial charge in [-0.1, -0.05) is 30.7 Å². The molecule has 0 aliphatic heterocycles. The Bertz CT molecular complexity index is 607. The van der Waals surface area contributed by atoms with Crippen LogP contribution in [-0.2, 0) is 0 Å². The number of pyridine rings is 1. The Hall–Kier alpha value is -1.10. The molecule has 0 fully saturated rings. The number of aromatic nitrogens is 1. The molecule has 1 aromatic carbocycles. The van der Waals surface area contributed by atoms with Crippen LogP contribution in [0.3, 0.4) is 0 Å². The molecular weight excluding hydrogens is 352 g/mol. The van der Waals surface area contributed by atoms with Gasteiger partial charge in [0.1, 0.15) is 5.75 Å². The van der Waals surface area contributed by atoms with Crippen LogP contribution >= 0.6 is 27.5 Å². The molecule has 2 aromatic rings. The van der Waals surface area contributed by atoms with Crippen LogP contribution in [-0.4, -0.2) is 18.1 Å². The fourth-order valence-corrected chi connectivity index (χ4v) is 2.81. The number of nitrogens with one attached hydrogen (secondary N) is 1. The van der Waals surface area contributed by atoms with Gasteiger partial charge in [0.15, 0.2) is 0 Å². The van der Waals surface area contributed by atoms with E-state index in [4.69, 9.17) is 16.3 Å². The molecule has 112 valence electrons. The average molecular weight is 370 g/mol. The quantitative estimate of drug-likeness (QED) is 0.808. The predicted octanol–water partition coefficient (Wildman–Crippen LogP) is 4.60. The SMILES string of the molecule is CCNC(c1cncc(OCC)c1)c1cccc(Br)c1Cl. The maximum atomic E-state index is 6.44. The highest BCUT2D eigenvalue weighted by molar-refractivity contribution is 9.10. The first-order chi connectivity index (χ1) is 10.2. The molecule has 0 aliphatic rings. The lowest BCUT2D eigenvalue weighted by atomic mass is 10.00. The lowest BCUT2D eigenvalue weighted by molar-refractivity contribution is 0.338. The van der Waals surface area contributed by atoms with E-state index in [0.717, 1.165) is 27.9 Å². The van der Waals surface area contributed by atoms with Crippen LogP contribution < -0.4 is 10.1 Å². The molecule has 1 aromatic heterocycles. The molecule has 0 saturated carbocycles. The molecule has 0 radical (unpaired) electrons. The Kier molecular flexibility index (Phi) is 6.03. The molecule has 5 heteroatoms. The fourth-order valence-electron chi connectivity index (χ4n) is 2.19. The van der Waals surface area contributed by atoms with Gasteiger partial charge in [-0.05, 0) is 52.7 Å². The van der Waals surface area contributed by atoms with Crippen LogP contribution in [0.2, 0.25) is 5.02 Å². The first kappa shape index (κ1) is 16.3. The third-order valence-corrected chi connectivity index (χ3v) is 4.39. The standard InChI is InChI=1S/C16H18BrClN2O/c1-3-20-16(13-6-5-7-14(17)15(13)18)11-8-12(21-4-2)10-19-9-11/h5-10,16,20H,3-4H2,1-2H3. The van der Waals surface area contributed by atoms with Crippen molar-refractivity contribution in [3.63, 3.8) is 0 Å². The van der Waals surface area contributed by atoms with Crippen molar-refractivity contribution < 1.29 is 4.74 Å². The predicted molar refractivity (Wildman–Crippen MR) is 90.1 cm³/mol. The normalized spacial score (nSPS) is 12.2. The zero-order valence-corrected chi connectivity index (χ0v) is 14.4. The Labute approximate surface area is 138 Å². The van der Waals surface area contributed by atoms with E-state index in [0.29, 0.717) is 11.6 Å². The van der Waals surface area contributed by atoms with Crippen LogP contribution in [0.15, 0.2) is 41.1 Å². The summed E-state index contributed by atoms with van der Waals surface area (Å²) in [5.41, 5.74) is 2.05. The molecule has 1 heterocycles. The highest BCUT2D eigenvalue weighted by Crippen LogP contribution is 2.33. The number of rotatable bonds is 6. The second kappa shape index (κ2) is 7.78. The summed E-state index contributed by atoms with van der Waals surface area (Å²) in [5, 5.41) is 4.16. The summed E-state index contributed by atoms with van der Waals surface area (Å²) in [5.74, 6) is 0.768. The highest BCUT2D eigenvalue weighted by atomic mass is 79.9. The van der Waals surface area contributed by atoms with Crippen LogP contribution in [0.1, 0.15) is 31.0 Å². The molecule has 0 saturated heterocycles. The number of nitrogens with zero attached hydrogens (tertiary/aromatic N) is 1. The fraction of sp³-hybridized carbons (Fsp3) is 0.312. The van der Waals surface area contributed by atoms with E-state index in [2.05, 4.69) is 33.2 Å². The van der Waals surface area contributed by atoms with Crippen molar-refractivity contribution in [2.75, 3.05) is 13.2 Å². The van der Waals surface area contributed by atoms with E-state index in [1.165, 1.54) is 0 Å². The third kappa shape index (κ3) is 3.96. The minimum atomic E-state index is -0.0205. The number of hydrogen-bond donors (Lipinski definition) is 1. The molecule has 0 spiro atoms. The van der Waals surface area contributed by atoms with Gasteiger partial charge in [0.05, 0.1) is 23.9 Å². The molecule has 2 rings (SSSR count). The van der Waals surface area contributed by atoms with Gasteiger partial charge in [-0.25, -0.2) is 0 Å². The van der Waals surface area contributed by atoms with Crippen molar-refractivity contribution in [1.29, 1.82) is 0 Å². The zero-order valence-electron chi connectivity index (χ0n) is 12.1. The zero-order chi connectivity index (χ0) is 15.2. The van der Waals surface area contributed by atoms with Crippen LogP contribution in [0, 0.1) is 0 Å². The third-order valence-electron chi connectivity index (χ3n) is 3.08. The summed E-state index contributed by atoms with van der Waals surface area (Å²) in [7, 11) is 0. The van der Waals surface area contributed by atoms with Crippen LogP contribution in [0.25, 0.3) is 0 Å². The second-order valence-corrected chi connectivity index (χ2v) is 5.75. The van der Waals surface area contributed by atoms with Crippen molar-refractivity contribution in [2.45, 2.75) is 19.9 Å². The summed E-state index contributed by atoms with van der Waals surface area (Å²) >= 11 is 9.91. The summed E-state index contributed by atoms with van der Waals surface area (Å²) in [6, 6.07) is 7.92. The first-order valence-electron chi connectivity index (χ1n) is 6.92. The molecule has 3 nitrogen and oxygen atoms in total. The van der Waals surface area contributed by atoms with Gasteiger partial charge >= 0.3 is 0 Å². The molecule has 0 aliphatic carbocycles.